The van der Waals surface area contributed by atoms with Crippen LogP contribution in [0.15, 0.2) is 71.2 Å². The van der Waals surface area contributed by atoms with Crippen LogP contribution < -0.4 is 11.1 Å². The Bertz CT molecular complexity index is 693. The number of anilines is 3. The highest BCUT2D eigenvalue weighted by atomic mass is 15.5. The third-order valence-electron chi connectivity index (χ3n) is 3.61. The first kappa shape index (κ1) is 14.9. The summed E-state index contributed by atoms with van der Waals surface area (Å²) in [6, 6.07) is 15.5. The summed E-state index contributed by atoms with van der Waals surface area (Å²) in [6.45, 7) is 0. The van der Waals surface area contributed by atoms with Gasteiger partial charge >= 0.3 is 0 Å². The van der Waals surface area contributed by atoms with Gasteiger partial charge in [0.05, 0.1) is 5.69 Å². The number of benzene rings is 2. The second kappa shape index (κ2) is 6.39. The van der Waals surface area contributed by atoms with E-state index in [2.05, 4.69) is 15.5 Å². The van der Waals surface area contributed by atoms with Crippen molar-refractivity contribution in [3.05, 3.63) is 60.9 Å². The van der Waals surface area contributed by atoms with Crippen molar-refractivity contribution in [1.29, 1.82) is 0 Å². The summed E-state index contributed by atoms with van der Waals surface area (Å²) < 4.78 is 0. The lowest BCUT2D eigenvalue weighted by molar-refractivity contribution is 0.206. The minimum Gasteiger partial charge on any atom is -0.399 e. The lowest BCUT2D eigenvalue weighted by Gasteiger charge is -2.21. The molecule has 0 saturated carbocycles. The predicted octanol–water partition coefficient (Wildman–Crippen LogP) is 3.73. The van der Waals surface area contributed by atoms with Crippen LogP contribution in [0.25, 0.3) is 0 Å². The van der Waals surface area contributed by atoms with Crippen LogP contribution in [0.4, 0.5) is 22.7 Å². The van der Waals surface area contributed by atoms with Gasteiger partial charge in [0.15, 0.2) is 0 Å². The van der Waals surface area contributed by atoms with Gasteiger partial charge < -0.3 is 20.9 Å². The fraction of sp³-hybridized carbons (Fsp3) is 0.176. The molecule has 0 radical (unpaired) electrons. The number of nitrogens with one attached hydrogen (secondary N) is 1. The van der Waals surface area contributed by atoms with Gasteiger partial charge in [0.25, 0.3) is 0 Å². The molecule has 2 aromatic rings. The molecule has 1 heterocycles. The Balaban J connectivity index is 1.64. The lowest BCUT2D eigenvalue weighted by Crippen LogP contribution is -2.31. The first-order valence-corrected chi connectivity index (χ1v) is 7.37. The molecule has 0 amide bonds. The van der Waals surface area contributed by atoms with Gasteiger partial charge in [0.1, 0.15) is 0 Å². The Labute approximate surface area is 135 Å². The average molecular weight is 308 g/mol. The van der Waals surface area contributed by atoms with Crippen molar-refractivity contribution in [1.82, 2.24) is 9.80 Å². The molecular weight excluding hydrogens is 288 g/mol. The Morgan fingerprint density at radius 2 is 1.39 bits per heavy atom. The second-order valence-electron chi connectivity index (χ2n) is 5.48. The summed E-state index contributed by atoms with van der Waals surface area (Å²) in [5, 5.41) is 12.0. The number of hydrogen-bond acceptors (Lipinski definition) is 6. The van der Waals surface area contributed by atoms with E-state index >= 15 is 0 Å². The number of nitrogens with two attached hydrogens (primary N) is 1. The van der Waals surface area contributed by atoms with Crippen molar-refractivity contribution in [2.24, 2.45) is 10.2 Å². The van der Waals surface area contributed by atoms with Crippen molar-refractivity contribution < 1.29 is 0 Å². The van der Waals surface area contributed by atoms with Gasteiger partial charge in [-0.25, -0.2) is 0 Å². The van der Waals surface area contributed by atoms with Gasteiger partial charge in [-0.1, -0.05) is 0 Å². The van der Waals surface area contributed by atoms with Crippen LogP contribution in [0.1, 0.15) is 0 Å². The summed E-state index contributed by atoms with van der Waals surface area (Å²) >= 11 is 0. The molecule has 0 saturated heterocycles. The van der Waals surface area contributed by atoms with Gasteiger partial charge in [-0.05, 0) is 48.5 Å². The standard InChI is InChI=1S/C17H20N6/c1-22-11-12-23(2)17(22)21-20-16-9-7-15(8-10-16)19-14-5-3-13(18)4-6-14/h3-12,17,19H,18H2,1-2H3. The Morgan fingerprint density at radius 1 is 0.870 bits per heavy atom. The van der Waals surface area contributed by atoms with Crippen LogP contribution in [0.3, 0.4) is 0 Å². The molecule has 3 rings (SSSR count). The second-order valence-corrected chi connectivity index (χ2v) is 5.48. The molecule has 0 atom stereocenters. The average Bonchev–Trinajstić information content (AvgIpc) is 2.88. The Morgan fingerprint density at radius 3 is 1.96 bits per heavy atom. The number of nitrogen functional groups attached to an aromatic ring is 1. The van der Waals surface area contributed by atoms with Gasteiger partial charge in [-0.2, -0.15) is 5.11 Å². The number of rotatable bonds is 4. The van der Waals surface area contributed by atoms with E-state index in [4.69, 9.17) is 5.73 Å². The van der Waals surface area contributed by atoms with Crippen LogP contribution in [0.5, 0.6) is 0 Å². The molecule has 6 heteroatoms. The smallest absolute Gasteiger partial charge is 0.217 e. The quantitative estimate of drug-likeness (QED) is 0.667. The molecular formula is C17H20N6. The van der Waals surface area contributed by atoms with Crippen LogP contribution >= 0.6 is 0 Å². The summed E-state index contributed by atoms with van der Waals surface area (Å²) in [7, 11) is 3.95. The van der Waals surface area contributed by atoms with E-state index in [0.717, 1.165) is 22.7 Å². The SMILES string of the molecule is CN1C=CN(C)C1N=Nc1ccc(Nc2ccc(N)cc2)cc1. The number of azo groups is 1. The molecule has 0 unspecified atom stereocenters. The largest absolute Gasteiger partial charge is 0.399 e. The number of nitrogens with zero attached hydrogens (tertiary/aromatic N) is 4. The Hall–Kier alpha value is -3.02. The van der Waals surface area contributed by atoms with E-state index in [1.807, 2.05) is 84.8 Å². The maximum atomic E-state index is 5.68. The predicted molar refractivity (Wildman–Crippen MR) is 93.5 cm³/mol. The molecule has 2 aromatic carbocycles. The lowest BCUT2D eigenvalue weighted by atomic mass is 10.2. The zero-order chi connectivity index (χ0) is 16.2. The van der Waals surface area contributed by atoms with Crippen LogP contribution in [0, 0.1) is 0 Å². The highest BCUT2D eigenvalue weighted by molar-refractivity contribution is 5.63. The van der Waals surface area contributed by atoms with Crippen molar-refractivity contribution in [2.45, 2.75) is 6.29 Å². The van der Waals surface area contributed by atoms with E-state index in [1.54, 1.807) is 0 Å². The third kappa shape index (κ3) is 3.60. The van der Waals surface area contributed by atoms with E-state index in [-0.39, 0.29) is 6.29 Å². The molecule has 0 aromatic heterocycles. The van der Waals surface area contributed by atoms with Gasteiger partial charge in [0.2, 0.25) is 6.29 Å². The maximum Gasteiger partial charge on any atom is 0.217 e. The van der Waals surface area contributed by atoms with Gasteiger partial charge in [0, 0.05) is 43.6 Å². The van der Waals surface area contributed by atoms with Crippen molar-refractivity contribution in [3.8, 4) is 0 Å². The summed E-state index contributed by atoms with van der Waals surface area (Å²) in [5.74, 6) is 0. The summed E-state index contributed by atoms with van der Waals surface area (Å²) in [5.41, 5.74) is 9.24. The molecule has 23 heavy (non-hydrogen) atoms. The molecule has 0 bridgehead atoms. The van der Waals surface area contributed by atoms with Crippen molar-refractivity contribution in [3.63, 3.8) is 0 Å². The first-order valence-electron chi connectivity index (χ1n) is 7.37. The van der Waals surface area contributed by atoms with E-state index in [0.29, 0.717) is 0 Å². The Kier molecular flexibility index (Phi) is 4.14. The molecule has 118 valence electrons. The molecule has 6 nitrogen and oxygen atoms in total. The van der Waals surface area contributed by atoms with Gasteiger partial charge in [-0.15, -0.1) is 5.11 Å². The highest BCUT2D eigenvalue weighted by Gasteiger charge is 2.18. The normalized spacial score (nSPS) is 14.9. The van der Waals surface area contributed by atoms with Crippen molar-refractivity contribution >= 4 is 22.7 Å². The zero-order valence-electron chi connectivity index (χ0n) is 13.2. The summed E-state index contributed by atoms with van der Waals surface area (Å²) in [6.07, 6.45) is 3.87. The number of hydrogen-bond donors (Lipinski definition) is 2. The monoisotopic (exact) mass is 308 g/mol. The molecule has 0 aliphatic carbocycles. The third-order valence-corrected chi connectivity index (χ3v) is 3.61. The zero-order valence-corrected chi connectivity index (χ0v) is 13.2. The van der Waals surface area contributed by atoms with Crippen LogP contribution in [-0.4, -0.2) is 30.2 Å². The van der Waals surface area contributed by atoms with Crippen LogP contribution in [0.2, 0.25) is 0 Å². The molecule has 1 aliphatic rings. The highest BCUT2D eigenvalue weighted by Crippen LogP contribution is 2.22. The fourth-order valence-electron chi connectivity index (χ4n) is 2.28. The molecule has 0 fully saturated rings. The minimum absolute atomic E-state index is 0.0809. The maximum absolute atomic E-state index is 5.68. The summed E-state index contributed by atoms with van der Waals surface area (Å²) in [4.78, 5) is 4.00. The topological polar surface area (TPSA) is 69.2 Å². The molecule has 0 spiro atoms. The van der Waals surface area contributed by atoms with Gasteiger partial charge in [-0.3, -0.25) is 0 Å². The molecule has 1 aliphatic heterocycles. The van der Waals surface area contributed by atoms with Crippen LogP contribution in [-0.2, 0) is 0 Å². The fourth-order valence-corrected chi connectivity index (χ4v) is 2.28. The van der Waals surface area contributed by atoms with Crippen molar-refractivity contribution in [2.75, 3.05) is 25.1 Å². The minimum atomic E-state index is -0.0809. The van der Waals surface area contributed by atoms with E-state index < -0.39 is 0 Å². The molecule has 3 N–H and O–H groups in total. The van der Waals surface area contributed by atoms with E-state index in [9.17, 15) is 0 Å². The first-order chi connectivity index (χ1) is 11.1. The van der Waals surface area contributed by atoms with E-state index in [1.165, 1.54) is 0 Å².